The fourth-order valence-corrected chi connectivity index (χ4v) is 2.51. The molecule has 3 rings (SSSR count). The fraction of sp³-hybridized carbons (Fsp3) is 0.312. The van der Waals surface area contributed by atoms with Crippen molar-refractivity contribution in [3.05, 3.63) is 60.7 Å². The third kappa shape index (κ3) is 3.07. The highest BCUT2D eigenvalue weighted by atomic mass is 16.5. The van der Waals surface area contributed by atoms with Crippen LogP contribution in [0.25, 0.3) is 0 Å². The molecule has 1 aliphatic heterocycles. The van der Waals surface area contributed by atoms with E-state index < -0.39 is 0 Å². The van der Waals surface area contributed by atoms with Crippen molar-refractivity contribution in [1.29, 1.82) is 0 Å². The summed E-state index contributed by atoms with van der Waals surface area (Å²) in [7, 11) is 0. The normalized spacial score (nSPS) is 18.2. The van der Waals surface area contributed by atoms with E-state index in [1.807, 2.05) is 30.3 Å². The minimum absolute atomic E-state index is 0.118. The molecule has 0 spiro atoms. The van der Waals surface area contributed by atoms with Crippen LogP contribution in [0.15, 0.2) is 49.3 Å². The van der Waals surface area contributed by atoms with Gasteiger partial charge >= 0.3 is 0 Å². The van der Waals surface area contributed by atoms with E-state index in [4.69, 9.17) is 4.74 Å². The number of hydrogen-bond donors (Lipinski definition) is 0. The molecule has 1 amide bonds. The van der Waals surface area contributed by atoms with Crippen LogP contribution in [-0.2, 0) is 16.1 Å². The van der Waals surface area contributed by atoms with Crippen molar-refractivity contribution < 1.29 is 9.53 Å². The molecule has 1 fully saturated rings. The van der Waals surface area contributed by atoms with Crippen molar-refractivity contribution in [2.45, 2.75) is 12.6 Å². The highest BCUT2D eigenvalue weighted by Gasteiger charge is 2.30. The van der Waals surface area contributed by atoms with Gasteiger partial charge in [0.2, 0.25) is 5.91 Å². The van der Waals surface area contributed by atoms with E-state index in [0.29, 0.717) is 32.1 Å². The molecule has 1 atom stereocenters. The molecule has 6 heteroatoms. The standard InChI is InChI=1S/C16H18N4O2/c1-2-15(21)20-8-9-22-11-14(20)16-17-12-19(18-16)10-13-6-4-3-5-7-13/h2-7,12,14H,1,8-11H2. The molecule has 1 aliphatic rings. The van der Waals surface area contributed by atoms with Crippen molar-refractivity contribution in [1.82, 2.24) is 19.7 Å². The number of ether oxygens (including phenoxy) is 1. The molecule has 22 heavy (non-hydrogen) atoms. The summed E-state index contributed by atoms with van der Waals surface area (Å²) >= 11 is 0. The molecule has 6 nitrogen and oxygen atoms in total. The van der Waals surface area contributed by atoms with Crippen LogP contribution >= 0.6 is 0 Å². The third-order valence-electron chi connectivity index (χ3n) is 3.63. The fourth-order valence-electron chi connectivity index (χ4n) is 2.51. The van der Waals surface area contributed by atoms with Crippen LogP contribution in [0.3, 0.4) is 0 Å². The van der Waals surface area contributed by atoms with Gasteiger partial charge in [-0.25, -0.2) is 9.67 Å². The molecule has 1 aromatic carbocycles. The van der Waals surface area contributed by atoms with Gasteiger partial charge in [-0.3, -0.25) is 4.79 Å². The van der Waals surface area contributed by atoms with E-state index in [2.05, 4.69) is 16.7 Å². The van der Waals surface area contributed by atoms with Gasteiger partial charge in [0.15, 0.2) is 5.82 Å². The number of aromatic nitrogens is 3. The number of rotatable bonds is 4. The Bertz CT molecular complexity index is 653. The van der Waals surface area contributed by atoms with Crippen LogP contribution in [0, 0.1) is 0 Å². The minimum Gasteiger partial charge on any atom is -0.377 e. The Morgan fingerprint density at radius 2 is 2.23 bits per heavy atom. The maximum absolute atomic E-state index is 11.9. The summed E-state index contributed by atoms with van der Waals surface area (Å²) in [4.78, 5) is 18.0. The van der Waals surface area contributed by atoms with Gasteiger partial charge in [0.05, 0.1) is 19.8 Å². The third-order valence-corrected chi connectivity index (χ3v) is 3.63. The summed E-state index contributed by atoms with van der Waals surface area (Å²) in [5, 5.41) is 4.49. The van der Waals surface area contributed by atoms with Crippen molar-refractivity contribution in [2.75, 3.05) is 19.8 Å². The van der Waals surface area contributed by atoms with Crippen molar-refractivity contribution in [3.8, 4) is 0 Å². The molecule has 0 bridgehead atoms. The second-order valence-corrected chi connectivity index (χ2v) is 5.11. The number of amides is 1. The molecule has 114 valence electrons. The summed E-state index contributed by atoms with van der Waals surface area (Å²) < 4.78 is 7.25. The Morgan fingerprint density at radius 3 is 3.00 bits per heavy atom. The van der Waals surface area contributed by atoms with E-state index >= 15 is 0 Å². The quantitative estimate of drug-likeness (QED) is 0.801. The molecular formula is C16H18N4O2. The molecule has 0 aliphatic carbocycles. The van der Waals surface area contributed by atoms with Crippen LogP contribution in [0.5, 0.6) is 0 Å². The number of carbonyl (C=O) groups excluding carboxylic acids is 1. The molecule has 2 aromatic rings. The number of hydrogen-bond acceptors (Lipinski definition) is 4. The minimum atomic E-state index is -0.253. The summed E-state index contributed by atoms with van der Waals surface area (Å²) in [5.41, 5.74) is 1.15. The lowest BCUT2D eigenvalue weighted by molar-refractivity contribution is -0.135. The van der Waals surface area contributed by atoms with Gasteiger partial charge in [-0.05, 0) is 11.6 Å². The summed E-state index contributed by atoms with van der Waals surface area (Å²) in [6.07, 6.45) is 3.01. The zero-order valence-corrected chi connectivity index (χ0v) is 12.3. The Hall–Kier alpha value is -2.47. The molecule has 0 saturated carbocycles. The Balaban J connectivity index is 1.77. The summed E-state index contributed by atoms with van der Waals surface area (Å²) in [6.45, 7) is 5.67. The zero-order chi connectivity index (χ0) is 15.4. The zero-order valence-electron chi connectivity index (χ0n) is 12.3. The van der Waals surface area contributed by atoms with Crippen molar-refractivity contribution in [3.63, 3.8) is 0 Å². The molecule has 1 unspecified atom stereocenters. The topological polar surface area (TPSA) is 60.3 Å². The second-order valence-electron chi connectivity index (χ2n) is 5.11. The first-order chi connectivity index (χ1) is 10.8. The van der Waals surface area contributed by atoms with Crippen LogP contribution in [0.1, 0.15) is 17.4 Å². The maximum Gasteiger partial charge on any atom is 0.246 e. The molecule has 0 N–H and O–H groups in total. The predicted molar refractivity (Wildman–Crippen MR) is 81.0 cm³/mol. The number of nitrogens with zero attached hydrogens (tertiary/aromatic N) is 4. The lowest BCUT2D eigenvalue weighted by Crippen LogP contribution is -2.43. The van der Waals surface area contributed by atoms with Crippen molar-refractivity contribution in [2.24, 2.45) is 0 Å². The van der Waals surface area contributed by atoms with Gasteiger partial charge in [-0.2, -0.15) is 5.10 Å². The first kappa shape index (κ1) is 14.5. The van der Waals surface area contributed by atoms with E-state index in [1.54, 1.807) is 15.9 Å². The van der Waals surface area contributed by atoms with E-state index in [1.165, 1.54) is 6.08 Å². The predicted octanol–water partition coefficient (Wildman–Crippen LogP) is 1.41. The molecule has 0 radical (unpaired) electrons. The average molecular weight is 298 g/mol. The molecule has 1 saturated heterocycles. The van der Waals surface area contributed by atoms with Gasteiger partial charge in [-0.1, -0.05) is 36.9 Å². The average Bonchev–Trinajstić information content (AvgIpc) is 3.03. The lowest BCUT2D eigenvalue weighted by atomic mass is 10.2. The number of benzene rings is 1. The van der Waals surface area contributed by atoms with Gasteiger partial charge in [0.1, 0.15) is 12.4 Å². The summed E-state index contributed by atoms with van der Waals surface area (Å²) in [6, 6.07) is 9.79. The second kappa shape index (κ2) is 6.53. The van der Waals surface area contributed by atoms with E-state index in [-0.39, 0.29) is 11.9 Å². The smallest absolute Gasteiger partial charge is 0.246 e. The first-order valence-corrected chi connectivity index (χ1v) is 7.22. The Kier molecular flexibility index (Phi) is 4.29. The first-order valence-electron chi connectivity index (χ1n) is 7.22. The monoisotopic (exact) mass is 298 g/mol. The highest BCUT2D eigenvalue weighted by molar-refractivity contribution is 5.87. The van der Waals surface area contributed by atoms with E-state index in [0.717, 1.165) is 5.56 Å². The Morgan fingerprint density at radius 1 is 1.41 bits per heavy atom. The van der Waals surface area contributed by atoms with Crippen LogP contribution < -0.4 is 0 Å². The molecule has 1 aromatic heterocycles. The molecule has 2 heterocycles. The Labute approximate surface area is 129 Å². The lowest BCUT2D eigenvalue weighted by Gasteiger charge is -2.33. The van der Waals surface area contributed by atoms with Crippen LogP contribution in [-0.4, -0.2) is 45.3 Å². The van der Waals surface area contributed by atoms with Crippen LogP contribution in [0.2, 0.25) is 0 Å². The van der Waals surface area contributed by atoms with E-state index in [9.17, 15) is 4.79 Å². The van der Waals surface area contributed by atoms with Crippen LogP contribution in [0.4, 0.5) is 0 Å². The largest absolute Gasteiger partial charge is 0.377 e. The maximum atomic E-state index is 11.9. The van der Waals surface area contributed by atoms with Gasteiger partial charge in [0, 0.05) is 6.54 Å². The van der Waals surface area contributed by atoms with Crippen molar-refractivity contribution >= 4 is 5.91 Å². The summed E-state index contributed by atoms with van der Waals surface area (Å²) in [5.74, 6) is 0.485. The number of morpholine rings is 1. The van der Waals surface area contributed by atoms with Gasteiger partial charge < -0.3 is 9.64 Å². The van der Waals surface area contributed by atoms with Gasteiger partial charge in [-0.15, -0.1) is 0 Å². The molecular weight excluding hydrogens is 280 g/mol. The van der Waals surface area contributed by atoms with Gasteiger partial charge in [0.25, 0.3) is 0 Å². The number of carbonyl (C=O) groups is 1. The SMILES string of the molecule is C=CC(=O)N1CCOCC1c1ncn(Cc2ccccc2)n1. The highest BCUT2D eigenvalue weighted by Crippen LogP contribution is 2.21.